The standard InChI is InChI=1S/C16H18FNOS/c1-12(9-15-7-4-8-20-15)18(2)11-16(19)13-5-3-6-14(17)10-13/h3-8,10,12H,9,11H2,1-2H3. The maximum atomic E-state index is 13.1. The number of carbonyl (C=O) groups is 1. The molecule has 1 aromatic heterocycles. The first-order valence-corrected chi connectivity index (χ1v) is 7.45. The summed E-state index contributed by atoms with van der Waals surface area (Å²) < 4.78 is 13.1. The maximum absolute atomic E-state index is 13.1. The van der Waals surface area contributed by atoms with Crippen molar-refractivity contribution in [3.63, 3.8) is 0 Å². The molecule has 0 fully saturated rings. The Morgan fingerprint density at radius 3 is 2.80 bits per heavy atom. The third kappa shape index (κ3) is 3.99. The highest BCUT2D eigenvalue weighted by molar-refractivity contribution is 7.09. The fraction of sp³-hybridized carbons (Fsp3) is 0.312. The monoisotopic (exact) mass is 291 g/mol. The molecule has 0 N–H and O–H groups in total. The van der Waals surface area contributed by atoms with Gasteiger partial charge in [0.1, 0.15) is 5.82 Å². The largest absolute Gasteiger partial charge is 0.296 e. The van der Waals surface area contributed by atoms with E-state index in [9.17, 15) is 9.18 Å². The topological polar surface area (TPSA) is 20.3 Å². The maximum Gasteiger partial charge on any atom is 0.176 e. The van der Waals surface area contributed by atoms with Crippen LogP contribution in [0.2, 0.25) is 0 Å². The Balaban J connectivity index is 1.93. The van der Waals surface area contributed by atoms with Crippen LogP contribution < -0.4 is 0 Å². The fourth-order valence-electron chi connectivity index (χ4n) is 2.01. The average molecular weight is 291 g/mol. The predicted octanol–water partition coefficient (Wildman–Crippen LogP) is 3.63. The van der Waals surface area contributed by atoms with Crippen LogP contribution in [0.25, 0.3) is 0 Å². The Hall–Kier alpha value is -1.52. The Bertz CT molecular complexity index is 568. The highest BCUT2D eigenvalue weighted by Gasteiger charge is 2.15. The van der Waals surface area contributed by atoms with Crippen molar-refractivity contribution in [3.8, 4) is 0 Å². The van der Waals surface area contributed by atoms with Gasteiger partial charge < -0.3 is 0 Å². The molecule has 0 spiro atoms. The van der Waals surface area contributed by atoms with Gasteiger partial charge in [0.2, 0.25) is 0 Å². The molecule has 2 nitrogen and oxygen atoms in total. The van der Waals surface area contributed by atoms with Gasteiger partial charge in [-0.15, -0.1) is 11.3 Å². The van der Waals surface area contributed by atoms with Crippen LogP contribution in [0, 0.1) is 5.82 Å². The average Bonchev–Trinajstić information content (AvgIpc) is 2.91. The second-order valence-corrected chi connectivity index (χ2v) is 6.01. The third-order valence-corrected chi connectivity index (χ3v) is 4.27. The minimum atomic E-state index is -0.370. The quantitative estimate of drug-likeness (QED) is 0.757. The first-order valence-electron chi connectivity index (χ1n) is 6.57. The third-order valence-electron chi connectivity index (χ3n) is 3.37. The van der Waals surface area contributed by atoms with E-state index >= 15 is 0 Å². The summed E-state index contributed by atoms with van der Waals surface area (Å²) >= 11 is 1.72. The van der Waals surface area contributed by atoms with Crippen molar-refractivity contribution in [1.29, 1.82) is 0 Å². The molecule has 0 amide bonds. The fourth-order valence-corrected chi connectivity index (χ4v) is 2.84. The molecule has 0 aliphatic rings. The molecule has 1 unspecified atom stereocenters. The molecule has 2 rings (SSSR count). The molecule has 1 atom stereocenters. The number of rotatable bonds is 6. The van der Waals surface area contributed by atoms with Gasteiger partial charge in [0.05, 0.1) is 6.54 Å². The Labute approximate surface area is 122 Å². The van der Waals surface area contributed by atoms with Gasteiger partial charge in [-0.05, 0) is 44.0 Å². The molecule has 0 radical (unpaired) electrons. The van der Waals surface area contributed by atoms with Gasteiger partial charge in [-0.3, -0.25) is 9.69 Å². The van der Waals surface area contributed by atoms with Crippen LogP contribution in [0.4, 0.5) is 4.39 Å². The number of benzene rings is 1. The molecule has 0 aliphatic carbocycles. The van der Waals surface area contributed by atoms with E-state index in [2.05, 4.69) is 18.4 Å². The summed E-state index contributed by atoms with van der Waals surface area (Å²) in [6.45, 7) is 2.40. The minimum Gasteiger partial charge on any atom is -0.296 e. The normalized spacial score (nSPS) is 12.6. The van der Waals surface area contributed by atoms with E-state index in [0.717, 1.165) is 6.42 Å². The van der Waals surface area contributed by atoms with Crippen LogP contribution in [0.3, 0.4) is 0 Å². The van der Waals surface area contributed by atoms with Crippen molar-refractivity contribution in [2.24, 2.45) is 0 Å². The summed E-state index contributed by atoms with van der Waals surface area (Å²) in [5, 5.41) is 2.06. The molecule has 0 aliphatic heterocycles. The van der Waals surface area contributed by atoms with Gasteiger partial charge in [0.15, 0.2) is 5.78 Å². The first-order chi connectivity index (χ1) is 9.56. The first kappa shape index (κ1) is 14.9. The van der Waals surface area contributed by atoms with E-state index in [4.69, 9.17) is 0 Å². The van der Waals surface area contributed by atoms with Crippen molar-refractivity contribution in [1.82, 2.24) is 4.90 Å². The van der Waals surface area contributed by atoms with E-state index in [1.54, 1.807) is 23.5 Å². The molecule has 4 heteroatoms. The van der Waals surface area contributed by atoms with Gasteiger partial charge >= 0.3 is 0 Å². The lowest BCUT2D eigenvalue weighted by Gasteiger charge is -2.23. The van der Waals surface area contributed by atoms with Gasteiger partial charge in [0.25, 0.3) is 0 Å². The molecule has 0 bridgehead atoms. The van der Waals surface area contributed by atoms with Crippen molar-refractivity contribution < 1.29 is 9.18 Å². The van der Waals surface area contributed by atoms with E-state index in [1.807, 2.05) is 18.0 Å². The number of thiophene rings is 1. The molecule has 1 heterocycles. The second kappa shape index (κ2) is 6.77. The molecular weight excluding hydrogens is 273 g/mol. The van der Waals surface area contributed by atoms with Gasteiger partial charge in [0, 0.05) is 16.5 Å². The SMILES string of the molecule is CC(Cc1cccs1)N(C)CC(=O)c1cccc(F)c1. The van der Waals surface area contributed by atoms with Crippen LogP contribution in [0.5, 0.6) is 0 Å². The van der Waals surface area contributed by atoms with Crippen molar-refractivity contribution in [3.05, 3.63) is 58.0 Å². The summed E-state index contributed by atoms with van der Waals surface area (Å²) in [5.74, 6) is -0.421. The molecule has 0 saturated carbocycles. The second-order valence-electron chi connectivity index (χ2n) is 4.98. The number of carbonyl (C=O) groups excluding carboxylic acids is 1. The molecule has 0 saturated heterocycles. The Morgan fingerprint density at radius 1 is 1.35 bits per heavy atom. The number of hydrogen-bond donors (Lipinski definition) is 0. The zero-order valence-corrected chi connectivity index (χ0v) is 12.5. The van der Waals surface area contributed by atoms with Crippen LogP contribution >= 0.6 is 11.3 Å². The van der Waals surface area contributed by atoms with Gasteiger partial charge in [-0.2, -0.15) is 0 Å². The summed E-state index contributed by atoms with van der Waals surface area (Å²) in [5.41, 5.74) is 0.431. The van der Waals surface area contributed by atoms with E-state index in [0.29, 0.717) is 12.1 Å². The van der Waals surface area contributed by atoms with Crippen LogP contribution in [0.1, 0.15) is 22.2 Å². The van der Waals surface area contributed by atoms with Crippen molar-refractivity contribution in [2.75, 3.05) is 13.6 Å². The molecular formula is C16H18FNOS. The smallest absolute Gasteiger partial charge is 0.176 e. The Kier molecular flexibility index (Phi) is 5.04. The molecule has 2 aromatic rings. The predicted molar refractivity (Wildman–Crippen MR) is 80.8 cm³/mol. The van der Waals surface area contributed by atoms with Crippen LogP contribution in [-0.2, 0) is 6.42 Å². The summed E-state index contributed by atoms with van der Waals surface area (Å²) in [6, 6.07) is 10.3. The number of nitrogens with zero attached hydrogens (tertiary/aromatic N) is 1. The van der Waals surface area contributed by atoms with E-state index in [-0.39, 0.29) is 17.6 Å². The van der Waals surface area contributed by atoms with Crippen molar-refractivity contribution >= 4 is 17.1 Å². The zero-order chi connectivity index (χ0) is 14.5. The van der Waals surface area contributed by atoms with Crippen LogP contribution in [-0.4, -0.2) is 30.3 Å². The lowest BCUT2D eigenvalue weighted by molar-refractivity contribution is 0.0924. The minimum absolute atomic E-state index is 0.0509. The molecule has 106 valence electrons. The summed E-state index contributed by atoms with van der Waals surface area (Å²) in [4.78, 5) is 15.4. The number of ketones is 1. The van der Waals surface area contributed by atoms with Gasteiger partial charge in [-0.1, -0.05) is 18.2 Å². The number of Topliss-reactive ketones (excluding diaryl/α,β-unsaturated/α-hetero) is 1. The highest BCUT2D eigenvalue weighted by Crippen LogP contribution is 2.14. The summed E-state index contributed by atoms with van der Waals surface area (Å²) in [7, 11) is 1.93. The zero-order valence-electron chi connectivity index (χ0n) is 11.7. The highest BCUT2D eigenvalue weighted by atomic mass is 32.1. The summed E-state index contributed by atoms with van der Waals surface area (Å²) in [6.07, 6.45) is 0.921. The Morgan fingerprint density at radius 2 is 2.15 bits per heavy atom. The molecule has 1 aromatic carbocycles. The lowest BCUT2D eigenvalue weighted by Crippen LogP contribution is -2.35. The van der Waals surface area contributed by atoms with Crippen LogP contribution in [0.15, 0.2) is 41.8 Å². The number of halogens is 1. The number of hydrogen-bond acceptors (Lipinski definition) is 3. The van der Waals surface area contributed by atoms with E-state index < -0.39 is 0 Å². The van der Waals surface area contributed by atoms with E-state index in [1.165, 1.54) is 17.0 Å². The van der Waals surface area contributed by atoms with Crippen molar-refractivity contribution in [2.45, 2.75) is 19.4 Å². The molecule has 20 heavy (non-hydrogen) atoms. The number of likely N-dealkylation sites (N-methyl/N-ethyl adjacent to an activating group) is 1. The lowest BCUT2D eigenvalue weighted by atomic mass is 10.1. The van der Waals surface area contributed by atoms with Gasteiger partial charge in [-0.25, -0.2) is 4.39 Å².